The lowest BCUT2D eigenvalue weighted by atomic mass is 10.1. The van der Waals surface area contributed by atoms with E-state index in [1.165, 1.54) is 5.56 Å². The minimum absolute atomic E-state index is 0.0122. The molecule has 0 saturated heterocycles. The van der Waals surface area contributed by atoms with Crippen molar-refractivity contribution in [2.24, 2.45) is 7.05 Å². The molecule has 0 spiro atoms. The maximum absolute atomic E-state index is 11.7. The Kier molecular flexibility index (Phi) is 4.34. The number of benzene rings is 1. The van der Waals surface area contributed by atoms with E-state index in [2.05, 4.69) is 15.5 Å². The van der Waals surface area contributed by atoms with Crippen LogP contribution in [0.3, 0.4) is 0 Å². The average molecular weight is 274 g/mol. The van der Waals surface area contributed by atoms with E-state index < -0.39 is 0 Å². The molecule has 0 unspecified atom stereocenters. The standard InChI is InChI=1S/C14H18N4O2/c1-10-4-5-12(11(2)6-10)20-8-14(19)15-7-13-17-16-9-18(13)3/h4-6,9H,7-8H2,1-3H3,(H,15,19). The van der Waals surface area contributed by atoms with E-state index in [9.17, 15) is 4.79 Å². The third kappa shape index (κ3) is 3.57. The molecule has 0 fully saturated rings. The van der Waals surface area contributed by atoms with Gasteiger partial charge in [0.1, 0.15) is 12.1 Å². The molecule has 20 heavy (non-hydrogen) atoms. The minimum Gasteiger partial charge on any atom is -0.484 e. The van der Waals surface area contributed by atoms with E-state index >= 15 is 0 Å². The van der Waals surface area contributed by atoms with Crippen molar-refractivity contribution in [2.45, 2.75) is 20.4 Å². The first kappa shape index (κ1) is 14.0. The van der Waals surface area contributed by atoms with Crippen molar-refractivity contribution in [3.05, 3.63) is 41.5 Å². The second-order valence-electron chi connectivity index (χ2n) is 4.69. The van der Waals surface area contributed by atoms with Gasteiger partial charge in [0, 0.05) is 7.05 Å². The number of carbonyl (C=O) groups excluding carboxylic acids is 1. The Balaban J connectivity index is 1.82. The number of hydrogen-bond donors (Lipinski definition) is 1. The fraction of sp³-hybridized carbons (Fsp3) is 0.357. The van der Waals surface area contributed by atoms with E-state index in [0.717, 1.165) is 11.3 Å². The van der Waals surface area contributed by atoms with Crippen molar-refractivity contribution in [1.29, 1.82) is 0 Å². The van der Waals surface area contributed by atoms with Crippen LogP contribution in [-0.4, -0.2) is 27.3 Å². The predicted octanol–water partition coefficient (Wildman–Crippen LogP) is 1.13. The van der Waals surface area contributed by atoms with E-state index in [-0.39, 0.29) is 12.5 Å². The number of aryl methyl sites for hydroxylation is 3. The SMILES string of the molecule is Cc1ccc(OCC(=O)NCc2nncn2C)c(C)c1. The molecule has 0 radical (unpaired) electrons. The molecule has 6 heteroatoms. The summed E-state index contributed by atoms with van der Waals surface area (Å²) in [6, 6.07) is 5.85. The van der Waals surface area contributed by atoms with Crippen LogP contribution >= 0.6 is 0 Å². The molecule has 106 valence electrons. The molecular formula is C14H18N4O2. The second kappa shape index (κ2) is 6.18. The Hall–Kier alpha value is -2.37. The highest BCUT2D eigenvalue weighted by Crippen LogP contribution is 2.18. The molecule has 6 nitrogen and oxygen atoms in total. The van der Waals surface area contributed by atoms with Crippen molar-refractivity contribution in [2.75, 3.05) is 6.61 Å². The summed E-state index contributed by atoms with van der Waals surface area (Å²) < 4.78 is 7.25. The van der Waals surface area contributed by atoms with E-state index in [1.54, 1.807) is 10.9 Å². The molecule has 1 amide bonds. The number of nitrogens with zero attached hydrogens (tertiary/aromatic N) is 3. The topological polar surface area (TPSA) is 69.0 Å². The van der Waals surface area contributed by atoms with Crippen LogP contribution in [0.2, 0.25) is 0 Å². The molecular weight excluding hydrogens is 256 g/mol. The molecule has 0 aliphatic heterocycles. The molecule has 0 atom stereocenters. The van der Waals surface area contributed by atoms with Gasteiger partial charge in [0.05, 0.1) is 6.54 Å². The minimum atomic E-state index is -0.187. The number of carbonyl (C=O) groups is 1. The summed E-state index contributed by atoms with van der Waals surface area (Å²) in [5.41, 5.74) is 2.19. The lowest BCUT2D eigenvalue weighted by molar-refractivity contribution is -0.123. The highest BCUT2D eigenvalue weighted by Gasteiger charge is 2.07. The van der Waals surface area contributed by atoms with Crippen LogP contribution in [0.15, 0.2) is 24.5 Å². The summed E-state index contributed by atoms with van der Waals surface area (Å²) in [6.45, 7) is 4.30. The number of hydrogen-bond acceptors (Lipinski definition) is 4. The van der Waals surface area contributed by atoms with Crippen LogP contribution in [0.5, 0.6) is 5.75 Å². The Bertz CT molecular complexity index is 607. The zero-order chi connectivity index (χ0) is 14.5. The van der Waals surface area contributed by atoms with Gasteiger partial charge in [-0.05, 0) is 25.5 Å². The van der Waals surface area contributed by atoms with Crippen molar-refractivity contribution >= 4 is 5.91 Å². The Morgan fingerprint density at radius 2 is 2.20 bits per heavy atom. The van der Waals surface area contributed by atoms with E-state index in [4.69, 9.17) is 4.74 Å². The van der Waals surface area contributed by atoms with Gasteiger partial charge in [0.15, 0.2) is 12.4 Å². The van der Waals surface area contributed by atoms with Crippen LogP contribution in [0.25, 0.3) is 0 Å². The first-order chi connectivity index (χ1) is 9.56. The van der Waals surface area contributed by atoms with Gasteiger partial charge in [-0.15, -0.1) is 10.2 Å². The quantitative estimate of drug-likeness (QED) is 0.887. The van der Waals surface area contributed by atoms with Gasteiger partial charge in [0.2, 0.25) is 0 Å². The summed E-state index contributed by atoms with van der Waals surface area (Å²) in [5, 5.41) is 10.4. The van der Waals surface area contributed by atoms with Gasteiger partial charge in [-0.3, -0.25) is 4.79 Å². The first-order valence-electron chi connectivity index (χ1n) is 6.36. The molecule has 0 bridgehead atoms. The molecule has 1 N–H and O–H groups in total. The van der Waals surface area contributed by atoms with Gasteiger partial charge in [-0.25, -0.2) is 0 Å². The van der Waals surface area contributed by atoms with Crippen molar-refractivity contribution < 1.29 is 9.53 Å². The van der Waals surface area contributed by atoms with Crippen molar-refractivity contribution in [1.82, 2.24) is 20.1 Å². The molecule has 2 aromatic rings. The fourth-order valence-electron chi connectivity index (χ4n) is 1.80. The third-order valence-corrected chi connectivity index (χ3v) is 2.94. The van der Waals surface area contributed by atoms with Crippen LogP contribution in [0.4, 0.5) is 0 Å². The summed E-state index contributed by atoms with van der Waals surface area (Å²) >= 11 is 0. The van der Waals surface area contributed by atoms with Gasteiger partial charge in [-0.1, -0.05) is 17.7 Å². The number of rotatable bonds is 5. The third-order valence-electron chi connectivity index (χ3n) is 2.94. The lowest BCUT2D eigenvalue weighted by Crippen LogP contribution is -2.29. The molecule has 1 heterocycles. The molecule has 0 aliphatic carbocycles. The lowest BCUT2D eigenvalue weighted by Gasteiger charge is -2.10. The monoisotopic (exact) mass is 274 g/mol. The number of aromatic nitrogens is 3. The summed E-state index contributed by atoms with van der Waals surface area (Å²) in [4.78, 5) is 11.7. The molecule has 1 aromatic heterocycles. The van der Waals surface area contributed by atoms with Gasteiger partial charge in [0.25, 0.3) is 5.91 Å². The smallest absolute Gasteiger partial charge is 0.258 e. The Labute approximate surface area is 117 Å². The molecule has 2 rings (SSSR count). The number of amides is 1. The maximum Gasteiger partial charge on any atom is 0.258 e. The van der Waals surface area contributed by atoms with Crippen LogP contribution in [0, 0.1) is 13.8 Å². The fourth-order valence-corrected chi connectivity index (χ4v) is 1.80. The van der Waals surface area contributed by atoms with Crippen LogP contribution in [0.1, 0.15) is 17.0 Å². The largest absolute Gasteiger partial charge is 0.484 e. The molecule has 0 aliphatic rings. The molecule has 0 saturated carbocycles. The Morgan fingerprint density at radius 3 is 2.85 bits per heavy atom. The highest BCUT2D eigenvalue weighted by molar-refractivity contribution is 5.77. The van der Waals surface area contributed by atoms with Gasteiger partial charge < -0.3 is 14.6 Å². The zero-order valence-electron chi connectivity index (χ0n) is 11.9. The normalized spacial score (nSPS) is 10.3. The van der Waals surface area contributed by atoms with Gasteiger partial charge >= 0.3 is 0 Å². The predicted molar refractivity (Wildman–Crippen MR) is 74.3 cm³/mol. The second-order valence-corrected chi connectivity index (χ2v) is 4.69. The van der Waals surface area contributed by atoms with Crippen LogP contribution in [-0.2, 0) is 18.4 Å². The molecule has 1 aromatic carbocycles. The maximum atomic E-state index is 11.7. The summed E-state index contributed by atoms with van der Waals surface area (Å²) in [5.74, 6) is 1.24. The van der Waals surface area contributed by atoms with Crippen molar-refractivity contribution in [3.8, 4) is 5.75 Å². The summed E-state index contributed by atoms with van der Waals surface area (Å²) in [7, 11) is 1.83. The average Bonchev–Trinajstić information content (AvgIpc) is 2.81. The highest BCUT2D eigenvalue weighted by atomic mass is 16.5. The number of nitrogens with one attached hydrogen (secondary N) is 1. The number of ether oxygens (including phenoxy) is 1. The van der Waals surface area contributed by atoms with Gasteiger partial charge in [-0.2, -0.15) is 0 Å². The van der Waals surface area contributed by atoms with Crippen LogP contribution < -0.4 is 10.1 Å². The van der Waals surface area contributed by atoms with E-state index in [1.807, 2.05) is 39.1 Å². The van der Waals surface area contributed by atoms with E-state index in [0.29, 0.717) is 12.4 Å². The Morgan fingerprint density at radius 1 is 1.40 bits per heavy atom. The first-order valence-corrected chi connectivity index (χ1v) is 6.36. The zero-order valence-corrected chi connectivity index (χ0v) is 11.9. The van der Waals surface area contributed by atoms with Crippen molar-refractivity contribution in [3.63, 3.8) is 0 Å². The summed E-state index contributed by atoms with van der Waals surface area (Å²) in [6.07, 6.45) is 1.59.